The van der Waals surface area contributed by atoms with Crippen LogP contribution in [0.4, 0.5) is 4.39 Å². The Morgan fingerprint density at radius 1 is 1.50 bits per heavy atom. The minimum Gasteiger partial charge on any atom is -0.496 e. The molecule has 0 amide bonds. The lowest BCUT2D eigenvalue weighted by molar-refractivity contribution is 0.415. The van der Waals surface area contributed by atoms with Crippen LogP contribution >= 0.6 is 0 Å². The summed E-state index contributed by atoms with van der Waals surface area (Å²) >= 11 is 0. The lowest BCUT2D eigenvalue weighted by atomic mass is 10.1. The van der Waals surface area contributed by atoms with Crippen LogP contribution in [-0.4, -0.2) is 17.3 Å². The van der Waals surface area contributed by atoms with E-state index in [1.165, 1.54) is 19.2 Å². The molecule has 0 atom stereocenters. The molecule has 0 aliphatic heterocycles. The molecule has 0 aliphatic carbocycles. The zero-order valence-electron chi connectivity index (χ0n) is 8.83. The Labute approximate surface area is 92.2 Å². The summed E-state index contributed by atoms with van der Waals surface area (Å²) in [5.41, 5.74) is 7.71. The predicted octanol–water partition coefficient (Wildman–Crippen LogP) is 1.68. The van der Waals surface area contributed by atoms with E-state index in [4.69, 9.17) is 10.5 Å². The van der Waals surface area contributed by atoms with Gasteiger partial charge in [-0.1, -0.05) is 0 Å². The van der Waals surface area contributed by atoms with Gasteiger partial charge in [0, 0.05) is 17.7 Å². The Morgan fingerprint density at radius 3 is 3.00 bits per heavy atom. The second-order valence-corrected chi connectivity index (χ2v) is 3.32. The van der Waals surface area contributed by atoms with Crippen molar-refractivity contribution < 1.29 is 9.13 Å². The van der Waals surface area contributed by atoms with E-state index in [1.54, 1.807) is 12.3 Å². The Morgan fingerprint density at radius 2 is 2.31 bits per heavy atom. The summed E-state index contributed by atoms with van der Waals surface area (Å²) in [6.07, 6.45) is 1.62. The highest BCUT2D eigenvalue weighted by molar-refractivity contribution is 5.69. The monoisotopic (exact) mass is 221 g/mol. The van der Waals surface area contributed by atoms with Gasteiger partial charge in [0.15, 0.2) is 0 Å². The minimum absolute atomic E-state index is 0.326. The summed E-state index contributed by atoms with van der Waals surface area (Å²) in [6, 6.07) is 4.32. The summed E-state index contributed by atoms with van der Waals surface area (Å²) in [6.45, 7) is 0.339. The molecular formula is C11H12FN3O. The van der Waals surface area contributed by atoms with Crippen molar-refractivity contribution in [3.05, 3.63) is 35.8 Å². The first-order valence-electron chi connectivity index (χ1n) is 4.82. The third-order valence-corrected chi connectivity index (χ3v) is 2.37. The molecule has 16 heavy (non-hydrogen) atoms. The SMILES string of the molecule is COc1ccc(F)cc1-c1[nH]ncc1CN. The number of nitrogens with zero attached hydrogens (tertiary/aromatic N) is 1. The number of aromatic amines is 1. The number of ether oxygens (including phenoxy) is 1. The van der Waals surface area contributed by atoms with E-state index in [9.17, 15) is 4.39 Å². The van der Waals surface area contributed by atoms with E-state index < -0.39 is 0 Å². The average molecular weight is 221 g/mol. The standard InChI is InChI=1S/C11H12FN3O/c1-16-10-3-2-8(12)4-9(10)11-7(5-13)6-14-15-11/h2-4,6H,5,13H2,1H3,(H,14,15). The van der Waals surface area contributed by atoms with Gasteiger partial charge in [-0.05, 0) is 18.2 Å². The maximum atomic E-state index is 13.2. The van der Waals surface area contributed by atoms with E-state index in [1.807, 2.05) is 0 Å². The summed E-state index contributed by atoms with van der Waals surface area (Å²) in [4.78, 5) is 0. The molecular weight excluding hydrogens is 209 g/mol. The van der Waals surface area contributed by atoms with Crippen molar-refractivity contribution in [1.29, 1.82) is 0 Å². The Balaban J connectivity index is 2.58. The van der Waals surface area contributed by atoms with Gasteiger partial charge in [0.2, 0.25) is 0 Å². The summed E-state index contributed by atoms with van der Waals surface area (Å²) in [5, 5.41) is 6.69. The zero-order valence-corrected chi connectivity index (χ0v) is 8.83. The highest BCUT2D eigenvalue weighted by Crippen LogP contribution is 2.31. The molecule has 1 heterocycles. The van der Waals surface area contributed by atoms with Gasteiger partial charge >= 0.3 is 0 Å². The first-order chi connectivity index (χ1) is 7.76. The molecule has 84 valence electrons. The van der Waals surface area contributed by atoms with Crippen LogP contribution in [0.15, 0.2) is 24.4 Å². The number of benzene rings is 1. The van der Waals surface area contributed by atoms with Crippen LogP contribution in [0.3, 0.4) is 0 Å². The van der Waals surface area contributed by atoms with Crippen molar-refractivity contribution in [2.24, 2.45) is 5.73 Å². The predicted molar refractivity (Wildman–Crippen MR) is 58.4 cm³/mol. The van der Waals surface area contributed by atoms with Gasteiger partial charge in [-0.25, -0.2) is 4.39 Å². The highest BCUT2D eigenvalue weighted by atomic mass is 19.1. The molecule has 1 aromatic carbocycles. The van der Waals surface area contributed by atoms with Crippen LogP contribution < -0.4 is 10.5 Å². The topological polar surface area (TPSA) is 63.9 Å². The molecule has 2 aromatic rings. The van der Waals surface area contributed by atoms with E-state index in [2.05, 4.69) is 10.2 Å². The Bertz CT molecular complexity index is 496. The first kappa shape index (κ1) is 10.6. The number of aromatic nitrogens is 2. The largest absolute Gasteiger partial charge is 0.496 e. The normalized spacial score (nSPS) is 10.4. The third-order valence-electron chi connectivity index (χ3n) is 2.37. The van der Waals surface area contributed by atoms with Crippen LogP contribution in [0.25, 0.3) is 11.3 Å². The number of halogens is 1. The average Bonchev–Trinajstić information content (AvgIpc) is 2.76. The molecule has 2 rings (SSSR count). The van der Waals surface area contributed by atoms with Crippen LogP contribution in [0, 0.1) is 5.82 Å². The summed E-state index contributed by atoms with van der Waals surface area (Å²) < 4.78 is 18.4. The van der Waals surface area contributed by atoms with E-state index >= 15 is 0 Å². The van der Waals surface area contributed by atoms with Gasteiger partial charge in [-0.3, -0.25) is 5.10 Å². The summed E-state index contributed by atoms with van der Waals surface area (Å²) in [7, 11) is 1.54. The minimum atomic E-state index is -0.326. The molecule has 5 heteroatoms. The van der Waals surface area contributed by atoms with Crippen LogP contribution in [0.2, 0.25) is 0 Å². The van der Waals surface area contributed by atoms with Gasteiger partial charge in [-0.15, -0.1) is 0 Å². The van der Waals surface area contributed by atoms with Gasteiger partial charge in [0.05, 0.1) is 19.0 Å². The van der Waals surface area contributed by atoms with Crippen molar-refractivity contribution in [2.45, 2.75) is 6.54 Å². The van der Waals surface area contributed by atoms with Gasteiger partial charge in [0.25, 0.3) is 0 Å². The highest BCUT2D eigenvalue weighted by Gasteiger charge is 2.12. The molecule has 0 radical (unpaired) electrons. The molecule has 4 nitrogen and oxygen atoms in total. The van der Waals surface area contributed by atoms with Crippen LogP contribution in [0.5, 0.6) is 5.75 Å². The van der Waals surface area contributed by atoms with E-state index in [0.29, 0.717) is 23.6 Å². The van der Waals surface area contributed by atoms with Crippen molar-refractivity contribution in [2.75, 3.05) is 7.11 Å². The molecule has 0 bridgehead atoms. The Hall–Kier alpha value is -1.88. The molecule has 0 saturated carbocycles. The van der Waals surface area contributed by atoms with E-state index in [0.717, 1.165) is 5.56 Å². The fraction of sp³-hybridized carbons (Fsp3) is 0.182. The second-order valence-electron chi connectivity index (χ2n) is 3.32. The van der Waals surface area contributed by atoms with Crippen molar-refractivity contribution >= 4 is 0 Å². The molecule has 0 unspecified atom stereocenters. The van der Waals surface area contributed by atoms with Gasteiger partial charge < -0.3 is 10.5 Å². The maximum Gasteiger partial charge on any atom is 0.128 e. The molecule has 0 saturated heterocycles. The van der Waals surface area contributed by atoms with Crippen LogP contribution in [-0.2, 0) is 6.54 Å². The number of hydrogen-bond acceptors (Lipinski definition) is 3. The smallest absolute Gasteiger partial charge is 0.128 e. The molecule has 0 aliphatic rings. The summed E-state index contributed by atoms with van der Waals surface area (Å²) in [5.74, 6) is 0.258. The van der Waals surface area contributed by atoms with Gasteiger partial charge in [0.1, 0.15) is 11.6 Å². The number of hydrogen-bond donors (Lipinski definition) is 2. The molecule has 1 aromatic heterocycles. The molecule has 0 spiro atoms. The second kappa shape index (κ2) is 4.32. The van der Waals surface area contributed by atoms with Crippen molar-refractivity contribution in [3.8, 4) is 17.0 Å². The zero-order chi connectivity index (χ0) is 11.5. The van der Waals surface area contributed by atoms with E-state index in [-0.39, 0.29) is 5.82 Å². The molecule has 0 fully saturated rings. The quantitative estimate of drug-likeness (QED) is 0.828. The maximum absolute atomic E-state index is 13.2. The van der Waals surface area contributed by atoms with Gasteiger partial charge in [-0.2, -0.15) is 5.10 Å². The van der Waals surface area contributed by atoms with Crippen molar-refractivity contribution in [1.82, 2.24) is 10.2 Å². The third kappa shape index (κ3) is 1.77. The number of H-pyrrole nitrogens is 1. The number of nitrogens with two attached hydrogens (primary N) is 1. The lowest BCUT2D eigenvalue weighted by Crippen LogP contribution is -1.98. The fourth-order valence-electron chi connectivity index (χ4n) is 1.57. The lowest BCUT2D eigenvalue weighted by Gasteiger charge is -2.08. The van der Waals surface area contributed by atoms with Crippen LogP contribution in [0.1, 0.15) is 5.56 Å². The fourth-order valence-corrected chi connectivity index (χ4v) is 1.57. The van der Waals surface area contributed by atoms with Crippen molar-refractivity contribution in [3.63, 3.8) is 0 Å². The Kier molecular flexibility index (Phi) is 2.87. The number of rotatable bonds is 3. The molecule has 3 N–H and O–H groups in total. The first-order valence-corrected chi connectivity index (χ1v) is 4.82. The number of nitrogens with one attached hydrogen (secondary N) is 1. The number of methoxy groups -OCH3 is 1.